The summed E-state index contributed by atoms with van der Waals surface area (Å²) in [5.41, 5.74) is 0.291. The number of alkyl halides is 3. The van der Waals surface area contributed by atoms with E-state index in [1.54, 1.807) is 24.3 Å². The molecule has 0 atom stereocenters. The van der Waals surface area contributed by atoms with Gasteiger partial charge in [0.1, 0.15) is 40.0 Å². The number of ether oxygens (including phenoxy) is 2. The first kappa shape index (κ1) is 42.8. The van der Waals surface area contributed by atoms with Gasteiger partial charge in [-0.15, -0.1) is 0 Å². The topological polar surface area (TPSA) is 143 Å². The van der Waals surface area contributed by atoms with Gasteiger partial charge in [-0.05, 0) is 161 Å². The van der Waals surface area contributed by atoms with Crippen LogP contribution in [0.1, 0.15) is 82.2 Å². The number of hydrogen-bond acceptors (Lipinski definition) is 9. The van der Waals surface area contributed by atoms with Gasteiger partial charge in [0, 0.05) is 5.56 Å². The molecule has 0 aliphatic heterocycles. The van der Waals surface area contributed by atoms with E-state index >= 15 is 0 Å². The second-order valence-electron chi connectivity index (χ2n) is 14.8. The second-order valence-corrected chi connectivity index (χ2v) is 16.4. The molecule has 55 heavy (non-hydrogen) atoms. The van der Waals surface area contributed by atoms with Crippen molar-refractivity contribution in [1.29, 1.82) is 0 Å². The van der Waals surface area contributed by atoms with E-state index in [9.17, 15) is 26.7 Å². The molecule has 0 unspecified atom stereocenters. The summed E-state index contributed by atoms with van der Waals surface area (Å²) < 4.78 is 75.7. The van der Waals surface area contributed by atoms with E-state index in [4.69, 9.17) is 24.6 Å². The van der Waals surface area contributed by atoms with Crippen molar-refractivity contribution in [2.75, 3.05) is 0 Å². The zero-order valence-corrected chi connectivity index (χ0v) is 32.3. The fraction of sp³-hybridized carbons (Fsp3) is 0.317. The Morgan fingerprint density at radius 3 is 1.56 bits per heavy atom. The maximum atomic E-state index is 12.5. The first-order valence-electron chi connectivity index (χ1n) is 17.5. The van der Waals surface area contributed by atoms with Crippen LogP contribution in [0.2, 0.25) is 0 Å². The monoisotopic (exact) mass is 782 g/mol. The zero-order chi connectivity index (χ0) is 40.8. The minimum atomic E-state index is -5.68. The van der Waals surface area contributed by atoms with Gasteiger partial charge in [-0.3, -0.25) is 0 Å². The summed E-state index contributed by atoms with van der Waals surface area (Å²) in [6, 6.07) is 24.2. The molecular formula is C41H46BF3O9S. The van der Waals surface area contributed by atoms with Crippen LogP contribution in [0.3, 0.4) is 0 Å². The number of phenolic OH excluding ortho intramolecular Hbond substituents is 2. The number of phenols is 2. The number of allylic oxidation sites excluding steroid dienone is 2. The number of rotatable bonds is 6. The Morgan fingerprint density at radius 1 is 0.636 bits per heavy atom. The molecule has 0 radical (unpaired) electrons. The van der Waals surface area contributed by atoms with Crippen molar-refractivity contribution < 1.29 is 55.5 Å². The van der Waals surface area contributed by atoms with E-state index in [0.717, 1.165) is 24.2 Å². The van der Waals surface area contributed by atoms with Crippen molar-refractivity contribution in [1.82, 2.24) is 0 Å². The van der Waals surface area contributed by atoms with Crippen LogP contribution in [0.25, 0.3) is 11.3 Å². The fourth-order valence-electron chi connectivity index (χ4n) is 5.65. The second kappa shape index (κ2) is 17.3. The Bertz CT molecular complexity index is 2100. The van der Waals surface area contributed by atoms with Gasteiger partial charge < -0.3 is 33.9 Å². The van der Waals surface area contributed by atoms with E-state index in [-0.39, 0.29) is 17.1 Å². The summed E-state index contributed by atoms with van der Waals surface area (Å²) in [5.74, 6) is 1.61. The summed E-state index contributed by atoms with van der Waals surface area (Å²) in [5, 5.41) is 35.4. The van der Waals surface area contributed by atoms with Crippen molar-refractivity contribution in [3.8, 4) is 23.0 Å². The van der Waals surface area contributed by atoms with Crippen LogP contribution in [0.5, 0.6) is 23.0 Å². The maximum absolute atomic E-state index is 12.5. The summed E-state index contributed by atoms with van der Waals surface area (Å²) >= 11 is 0. The van der Waals surface area contributed by atoms with Crippen LogP contribution in [0.15, 0.2) is 97.1 Å². The quantitative estimate of drug-likeness (QED) is 0.0869. The van der Waals surface area contributed by atoms with Crippen LogP contribution in [0, 0.1) is 0 Å². The first-order valence-corrected chi connectivity index (χ1v) is 18.9. The highest BCUT2D eigenvalue weighted by Crippen LogP contribution is 2.37. The lowest BCUT2D eigenvalue weighted by Gasteiger charge is -2.24. The average molecular weight is 783 g/mol. The van der Waals surface area contributed by atoms with Crippen LogP contribution >= 0.6 is 0 Å². The van der Waals surface area contributed by atoms with Gasteiger partial charge >= 0.3 is 22.7 Å². The Kier molecular flexibility index (Phi) is 13.4. The van der Waals surface area contributed by atoms with E-state index in [0.29, 0.717) is 40.9 Å². The Labute approximate surface area is 320 Å². The minimum Gasteiger partial charge on any atom is -0.508 e. The molecule has 0 saturated heterocycles. The molecule has 0 bridgehead atoms. The SMILES string of the molecule is CC(C)(C)Oc1ccc2c(c1)CCC=C2OS(=O)(=O)C(F)(F)F.CC(C)(C)Oc1ccc2c(c1)CCC=C2c1ccc(O)cc1.OB(O)c1ccc(O)cc1. The average Bonchev–Trinajstić information content (AvgIpc) is 3.07. The van der Waals surface area contributed by atoms with Crippen molar-refractivity contribution in [3.63, 3.8) is 0 Å². The van der Waals surface area contributed by atoms with Crippen LogP contribution in [0.4, 0.5) is 13.2 Å². The molecule has 14 heteroatoms. The van der Waals surface area contributed by atoms with Gasteiger partial charge in [0.2, 0.25) is 0 Å². The van der Waals surface area contributed by atoms with E-state index in [1.807, 2.05) is 39.0 Å². The molecule has 4 N–H and O–H groups in total. The molecular weight excluding hydrogens is 736 g/mol. The first-order chi connectivity index (χ1) is 25.5. The normalized spacial score (nSPS) is 13.9. The summed E-state index contributed by atoms with van der Waals surface area (Å²) in [6.45, 7) is 11.8. The highest BCUT2D eigenvalue weighted by atomic mass is 32.2. The molecule has 0 amide bonds. The predicted molar refractivity (Wildman–Crippen MR) is 207 cm³/mol. The molecule has 0 fully saturated rings. The summed E-state index contributed by atoms with van der Waals surface area (Å²) in [7, 11) is -7.14. The summed E-state index contributed by atoms with van der Waals surface area (Å²) in [4.78, 5) is 0. The minimum absolute atomic E-state index is 0.115. The van der Waals surface area contributed by atoms with Gasteiger partial charge in [0.05, 0.1) is 0 Å². The number of aromatic hydroxyl groups is 2. The van der Waals surface area contributed by atoms with E-state index < -0.39 is 28.3 Å². The lowest BCUT2D eigenvalue weighted by molar-refractivity contribution is -0.0509. The van der Waals surface area contributed by atoms with Crippen LogP contribution < -0.4 is 14.9 Å². The van der Waals surface area contributed by atoms with Gasteiger partial charge in [-0.25, -0.2) is 0 Å². The van der Waals surface area contributed by atoms with Crippen LogP contribution in [-0.4, -0.2) is 52.5 Å². The molecule has 0 saturated carbocycles. The Balaban J connectivity index is 0.000000197. The molecule has 4 aromatic carbocycles. The number of fused-ring (bicyclic) bond motifs is 2. The molecule has 0 aromatic heterocycles. The maximum Gasteiger partial charge on any atom is 0.534 e. The zero-order valence-electron chi connectivity index (χ0n) is 31.5. The van der Waals surface area contributed by atoms with Gasteiger partial charge in [0.25, 0.3) is 0 Å². The third-order valence-electron chi connectivity index (χ3n) is 7.92. The highest BCUT2D eigenvalue weighted by Gasteiger charge is 2.49. The largest absolute Gasteiger partial charge is 0.534 e. The number of aryl methyl sites for hydroxylation is 2. The number of benzene rings is 4. The molecule has 2 aliphatic rings. The van der Waals surface area contributed by atoms with Gasteiger partial charge in [-0.1, -0.05) is 36.4 Å². The van der Waals surface area contributed by atoms with E-state index in [1.165, 1.54) is 53.1 Å². The molecule has 0 heterocycles. The molecule has 294 valence electrons. The lowest BCUT2D eigenvalue weighted by Crippen LogP contribution is -2.29. The van der Waals surface area contributed by atoms with Crippen molar-refractivity contribution in [2.45, 2.75) is 83.9 Å². The number of halogens is 3. The molecule has 2 aliphatic carbocycles. The van der Waals surface area contributed by atoms with E-state index in [2.05, 4.69) is 43.2 Å². The van der Waals surface area contributed by atoms with Gasteiger partial charge in [0.15, 0.2) is 0 Å². The molecule has 9 nitrogen and oxygen atoms in total. The lowest BCUT2D eigenvalue weighted by atomic mass is 9.80. The fourth-order valence-corrected chi connectivity index (χ4v) is 6.14. The Morgan fingerprint density at radius 2 is 1.09 bits per heavy atom. The van der Waals surface area contributed by atoms with Gasteiger partial charge in [-0.2, -0.15) is 21.6 Å². The van der Waals surface area contributed by atoms with Crippen molar-refractivity contribution in [3.05, 3.63) is 125 Å². The third kappa shape index (κ3) is 12.6. The molecule has 4 aromatic rings. The molecule has 0 spiro atoms. The van der Waals surface area contributed by atoms with Crippen molar-refractivity contribution in [2.24, 2.45) is 0 Å². The summed E-state index contributed by atoms with van der Waals surface area (Å²) in [6.07, 6.45) is 6.64. The smallest absolute Gasteiger partial charge is 0.508 e. The molecule has 6 rings (SSSR count). The number of hydrogen-bond donors (Lipinski definition) is 4. The van der Waals surface area contributed by atoms with Crippen molar-refractivity contribution >= 4 is 34.0 Å². The standard InChI is InChI=1S/C20H22O2.C15H17F3O4S.C6H7BO3/c1-20(2,3)22-17-11-12-19-15(13-17)5-4-6-18(19)14-7-9-16(21)10-8-14;1-14(2,3)21-11-7-8-12-10(9-11)5-4-6-13(12)22-23(19,20)15(16,17)18;8-6-3-1-5(2-4-6)7(9)10/h6-13,21H,4-5H2,1-3H3;6-9H,4-5H2,1-3H3;1-4,8-10H. The highest BCUT2D eigenvalue weighted by molar-refractivity contribution is 7.87. The van der Waals surface area contributed by atoms with Crippen LogP contribution in [-0.2, 0) is 27.1 Å². The third-order valence-corrected chi connectivity index (χ3v) is 8.88. The predicted octanol–water partition coefficient (Wildman–Crippen LogP) is 8.04. The Hall–Kier alpha value is -4.92.